The first-order chi connectivity index (χ1) is 18.5. The standard InChI is InChI=1S/C30H31N5O3/c1-22-10-12-25(13-11-22)26-14-15-28(32-31-26)33-16-18-34(19-17-33)29(36)21-35(30(37)27-9-6-20-38-27)23(2)24-7-4-3-5-8-24/h3-15,20,23H,16-19,21H2,1-2H3/t23-/m1/s1. The maximum Gasteiger partial charge on any atom is 0.290 e. The summed E-state index contributed by atoms with van der Waals surface area (Å²) in [5.41, 5.74) is 4.02. The number of rotatable bonds is 7. The Bertz CT molecular complexity index is 1350. The van der Waals surface area contributed by atoms with Gasteiger partial charge in [-0.25, -0.2) is 0 Å². The van der Waals surface area contributed by atoms with Crippen LogP contribution < -0.4 is 4.90 Å². The van der Waals surface area contributed by atoms with E-state index in [1.54, 1.807) is 17.0 Å². The molecule has 1 aliphatic rings. The fourth-order valence-electron chi connectivity index (χ4n) is 4.64. The molecule has 3 heterocycles. The number of nitrogens with zero attached hydrogens (tertiary/aromatic N) is 5. The second kappa shape index (κ2) is 11.3. The molecule has 8 heteroatoms. The number of furan rings is 1. The molecule has 0 unspecified atom stereocenters. The number of carbonyl (C=O) groups excluding carboxylic acids is 2. The van der Waals surface area contributed by atoms with Crippen LogP contribution >= 0.6 is 0 Å². The van der Waals surface area contributed by atoms with E-state index < -0.39 is 0 Å². The lowest BCUT2D eigenvalue weighted by Crippen LogP contribution is -2.52. The van der Waals surface area contributed by atoms with E-state index in [-0.39, 0.29) is 30.2 Å². The lowest BCUT2D eigenvalue weighted by Gasteiger charge is -2.37. The molecule has 2 aromatic carbocycles. The molecule has 1 saturated heterocycles. The van der Waals surface area contributed by atoms with Gasteiger partial charge in [-0.3, -0.25) is 9.59 Å². The normalized spacial score (nSPS) is 14.3. The summed E-state index contributed by atoms with van der Waals surface area (Å²) in [5.74, 6) is 0.619. The zero-order valence-electron chi connectivity index (χ0n) is 21.7. The summed E-state index contributed by atoms with van der Waals surface area (Å²) in [6.45, 7) is 6.34. The summed E-state index contributed by atoms with van der Waals surface area (Å²) >= 11 is 0. The zero-order chi connectivity index (χ0) is 26.5. The van der Waals surface area contributed by atoms with Gasteiger partial charge in [-0.05, 0) is 43.7 Å². The average Bonchev–Trinajstić information content (AvgIpc) is 3.51. The highest BCUT2D eigenvalue weighted by Gasteiger charge is 2.30. The molecule has 0 aliphatic carbocycles. The summed E-state index contributed by atoms with van der Waals surface area (Å²) in [7, 11) is 0. The van der Waals surface area contributed by atoms with Crippen LogP contribution in [-0.4, -0.2) is 64.5 Å². The highest BCUT2D eigenvalue weighted by Crippen LogP contribution is 2.24. The molecule has 2 aromatic heterocycles. The Kier molecular flexibility index (Phi) is 7.49. The molecule has 194 valence electrons. The van der Waals surface area contributed by atoms with Gasteiger partial charge >= 0.3 is 0 Å². The van der Waals surface area contributed by atoms with E-state index in [0.717, 1.165) is 22.6 Å². The smallest absolute Gasteiger partial charge is 0.290 e. The topological polar surface area (TPSA) is 82.8 Å². The maximum absolute atomic E-state index is 13.3. The van der Waals surface area contributed by atoms with Gasteiger partial charge in [0, 0.05) is 31.7 Å². The first-order valence-corrected chi connectivity index (χ1v) is 12.8. The monoisotopic (exact) mass is 509 g/mol. The van der Waals surface area contributed by atoms with Crippen molar-refractivity contribution in [1.29, 1.82) is 0 Å². The molecule has 5 rings (SSSR count). The van der Waals surface area contributed by atoms with E-state index >= 15 is 0 Å². The van der Waals surface area contributed by atoms with Crippen molar-refractivity contribution in [2.45, 2.75) is 19.9 Å². The van der Waals surface area contributed by atoms with Gasteiger partial charge in [0.05, 0.1) is 18.0 Å². The Balaban J connectivity index is 1.22. The number of amides is 2. The van der Waals surface area contributed by atoms with Gasteiger partial charge in [-0.2, -0.15) is 0 Å². The molecule has 0 spiro atoms. The van der Waals surface area contributed by atoms with Crippen LogP contribution in [0.3, 0.4) is 0 Å². The Hall–Kier alpha value is -4.46. The zero-order valence-corrected chi connectivity index (χ0v) is 21.7. The second-order valence-corrected chi connectivity index (χ2v) is 9.51. The van der Waals surface area contributed by atoms with Gasteiger partial charge < -0.3 is 19.1 Å². The minimum atomic E-state index is -0.303. The molecule has 0 radical (unpaired) electrons. The second-order valence-electron chi connectivity index (χ2n) is 9.51. The Morgan fingerprint density at radius 3 is 2.26 bits per heavy atom. The van der Waals surface area contributed by atoms with Crippen molar-refractivity contribution < 1.29 is 14.0 Å². The number of benzene rings is 2. The van der Waals surface area contributed by atoms with Crippen LogP contribution in [0.25, 0.3) is 11.3 Å². The summed E-state index contributed by atoms with van der Waals surface area (Å²) in [5, 5.41) is 8.85. The van der Waals surface area contributed by atoms with Crippen LogP contribution in [0, 0.1) is 6.92 Å². The van der Waals surface area contributed by atoms with Crippen molar-refractivity contribution in [3.05, 3.63) is 102 Å². The molecular formula is C30H31N5O3. The van der Waals surface area contributed by atoms with Gasteiger partial charge in [0.1, 0.15) is 6.54 Å². The van der Waals surface area contributed by atoms with Crippen molar-refractivity contribution in [2.75, 3.05) is 37.6 Å². The number of carbonyl (C=O) groups is 2. The molecule has 8 nitrogen and oxygen atoms in total. The Morgan fingerprint density at radius 2 is 1.63 bits per heavy atom. The summed E-state index contributed by atoms with van der Waals surface area (Å²) in [6.07, 6.45) is 1.47. The number of anilines is 1. The van der Waals surface area contributed by atoms with E-state index in [0.29, 0.717) is 26.2 Å². The molecule has 38 heavy (non-hydrogen) atoms. The van der Waals surface area contributed by atoms with Gasteiger partial charge in [0.15, 0.2) is 11.6 Å². The fourth-order valence-corrected chi connectivity index (χ4v) is 4.64. The first kappa shape index (κ1) is 25.2. The van der Waals surface area contributed by atoms with E-state index in [1.165, 1.54) is 11.8 Å². The lowest BCUT2D eigenvalue weighted by molar-refractivity contribution is -0.132. The highest BCUT2D eigenvalue weighted by molar-refractivity contribution is 5.94. The lowest BCUT2D eigenvalue weighted by atomic mass is 10.1. The van der Waals surface area contributed by atoms with E-state index in [2.05, 4.69) is 34.2 Å². The molecule has 0 bridgehead atoms. The first-order valence-electron chi connectivity index (χ1n) is 12.8. The van der Waals surface area contributed by atoms with Gasteiger partial charge in [-0.15, -0.1) is 10.2 Å². The number of hydrogen-bond donors (Lipinski definition) is 0. The van der Waals surface area contributed by atoms with Crippen LogP contribution in [0.15, 0.2) is 89.5 Å². The molecule has 1 fully saturated rings. The van der Waals surface area contributed by atoms with Gasteiger partial charge in [0.25, 0.3) is 5.91 Å². The van der Waals surface area contributed by atoms with E-state index in [1.807, 2.05) is 66.4 Å². The Morgan fingerprint density at radius 1 is 0.895 bits per heavy atom. The van der Waals surface area contributed by atoms with Crippen molar-refractivity contribution in [2.24, 2.45) is 0 Å². The van der Waals surface area contributed by atoms with Crippen molar-refractivity contribution in [3.63, 3.8) is 0 Å². The van der Waals surface area contributed by atoms with Crippen LogP contribution in [0.4, 0.5) is 5.82 Å². The molecular weight excluding hydrogens is 478 g/mol. The van der Waals surface area contributed by atoms with Gasteiger partial charge in [-0.1, -0.05) is 60.2 Å². The van der Waals surface area contributed by atoms with Crippen molar-refractivity contribution >= 4 is 17.6 Å². The third-order valence-electron chi connectivity index (χ3n) is 7.00. The number of hydrogen-bond acceptors (Lipinski definition) is 6. The van der Waals surface area contributed by atoms with Crippen LogP contribution in [-0.2, 0) is 4.79 Å². The Labute approximate surface area is 222 Å². The molecule has 4 aromatic rings. The molecule has 1 aliphatic heterocycles. The largest absolute Gasteiger partial charge is 0.459 e. The minimum absolute atomic E-state index is 0.0271. The number of aromatic nitrogens is 2. The van der Waals surface area contributed by atoms with E-state index in [9.17, 15) is 9.59 Å². The molecule has 1 atom stereocenters. The average molecular weight is 510 g/mol. The van der Waals surface area contributed by atoms with Crippen LogP contribution in [0.5, 0.6) is 0 Å². The summed E-state index contributed by atoms with van der Waals surface area (Å²) < 4.78 is 5.36. The minimum Gasteiger partial charge on any atom is -0.459 e. The SMILES string of the molecule is Cc1ccc(-c2ccc(N3CCN(C(=O)CN(C(=O)c4ccco4)[C@H](C)c4ccccc4)CC3)nn2)cc1. The van der Waals surface area contributed by atoms with Crippen LogP contribution in [0.1, 0.15) is 34.6 Å². The fraction of sp³-hybridized carbons (Fsp3) is 0.267. The summed E-state index contributed by atoms with van der Waals surface area (Å²) in [6, 6.07) is 24.9. The third-order valence-corrected chi connectivity index (χ3v) is 7.00. The van der Waals surface area contributed by atoms with Crippen molar-refractivity contribution in [1.82, 2.24) is 20.0 Å². The molecule has 0 saturated carbocycles. The number of piperazine rings is 1. The maximum atomic E-state index is 13.3. The van der Waals surface area contributed by atoms with Gasteiger partial charge in [0.2, 0.25) is 5.91 Å². The molecule has 0 N–H and O–H groups in total. The molecule has 2 amide bonds. The predicted molar refractivity (Wildman–Crippen MR) is 146 cm³/mol. The van der Waals surface area contributed by atoms with E-state index in [4.69, 9.17) is 4.42 Å². The summed E-state index contributed by atoms with van der Waals surface area (Å²) in [4.78, 5) is 32.1. The number of aryl methyl sites for hydroxylation is 1. The van der Waals surface area contributed by atoms with Crippen LogP contribution in [0.2, 0.25) is 0 Å². The van der Waals surface area contributed by atoms with Crippen molar-refractivity contribution in [3.8, 4) is 11.3 Å². The highest BCUT2D eigenvalue weighted by atomic mass is 16.3. The third kappa shape index (κ3) is 5.59. The predicted octanol–water partition coefficient (Wildman–Crippen LogP) is 4.60. The quantitative estimate of drug-likeness (QED) is 0.362.